The van der Waals surface area contributed by atoms with E-state index in [1.54, 1.807) is 6.07 Å². The van der Waals surface area contributed by atoms with Gasteiger partial charge in [0.2, 0.25) is 0 Å². The average molecular weight is 226 g/mol. The molecule has 3 heteroatoms. The first-order chi connectivity index (χ1) is 8.18. The number of aromatic hydroxyl groups is 2. The van der Waals surface area contributed by atoms with Gasteiger partial charge in [0.05, 0.1) is 0 Å². The van der Waals surface area contributed by atoms with Gasteiger partial charge < -0.3 is 10.2 Å². The lowest BCUT2D eigenvalue weighted by atomic mass is 9.84. The SMILES string of the molecule is O=C1Cc2ccccc2-c2c1ccc(O)c2O. The topological polar surface area (TPSA) is 57.5 Å². The Kier molecular flexibility index (Phi) is 1.95. The molecule has 0 saturated carbocycles. The molecule has 3 nitrogen and oxygen atoms in total. The molecular formula is C14H10O3. The Balaban J connectivity index is 2.40. The molecule has 0 radical (unpaired) electrons. The van der Waals surface area contributed by atoms with Crippen molar-refractivity contribution < 1.29 is 15.0 Å². The van der Waals surface area contributed by atoms with Crippen LogP contribution >= 0.6 is 0 Å². The number of rotatable bonds is 0. The molecule has 17 heavy (non-hydrogen) atoms. The number of benzene rings is 2. The molecule has 0 amide bonds. The molecule has 84 valence electrons. The van der Waals surface area contributed by atoms with Crippen molar-refractivity contribution in [2.24, 2.45) is 0 Å². The van der Waals surface area contributed by atoms with Crippen molar-refractivity contribution in [2.75, 3.05) is 0 Å². The zero-order valence-electron chi connectivity index (χ0n) is 8.97. The predicted octanol–water partition coefficient (Wildman–Crippen LogP) is 2.50. The molecule has 0 saturated heterocycles. The fraction of sp³-hybridized carbons (Fsp3) is 0.0714. The van der Waals surface area contributed by atoms with Crippen molar-refractivity contribution >= 4 is 5.78 Å². The summed E-state index contributed by atoms with van der Waals surface area (Å²) in [4.78, 5) is 11.9. The molecule has 0 atom stereocenters. The van der Waals surface area contributed by atoms with Crippen LogP contribution in [0, 0.1) is 0 Å². The average Bonchev–Trinajstić information content (AvgIpc) is 2.33. The molecule has 0 unspecified atom stereocenters. The van der Waals surface area contributed by atoms with Crippen LogP contribution in [0.15, 0.2) is 36.4 Å². The highest BCUT2D eigenvalue weighted by Crippen LogP contribution is 2.43. The number of phenolic OH excluding ortho intramolecular Hbond substituents is 2. The van der Waals surface area contributed by atoms with Gasteiger partial charge in [-0.1, -0.05) is 24.3 Å². The Morgan fingerprint density at radius 2 is 1.71 bits per heavy atom. The predicted molar refractivity (Wildman–Crippen MR) is 63.2 cm³/mol. The number of fused-ring (bicyclic) bond motifs is 3. The summed E-state index contributed by atoms with van der Waals surface area (Å²) in [5.41, 5.74) is 2.61. The smallest absolute Gasteiger partial charge is 0.168 e. The highest BCUT2D eigenvalue weighted by Gasteiger charge is 2.26. The molecule has 0 fully saturated rings. The summed E-state index contributed by atoms with van der Waals surface area (Å²) in [6, 6.07) is 10.3. The Hall–Kier alpha value is -2.29. The Morgan fingerprint density at radius 3 is 2.53 bits per heavy atom. The lowest BCUT2D eigenvalue weighted by Gasteiger charge is -2.20. The fourth-order valence-electron chi connectivity index (χ4n) is 2.27. The van der Waals surface area contributed by atoms with E-state index >= 15 is 0 Å². The Bertz CT molecular complexity index is 629. The number of hydrogen-bond donors (Lipinski definition) is 2. The van der Waals surface area contributed by atoms with Crippen LogP contribution < -0.4 is 0 Å². The Morgan fingerprint density at radius 1 is 0.941 bits per heavy atom. The zero-order valence-corrected chi connectivity index (χ0v) is 8.97. The molecule has 1 aliphatic carbocycles. The van der Waals surface area contributed by atoms with Crippen LogP contribution in [0.25, 0.3) is 11.1 Å². The monoisotopic (exact) mass is 226 g/mol. The Labute approximate surface area is 98.0 Å². The van der Waals surface area contributed by atoms with Gasteiger partial charge in [-0.3, -0.25) is 4.79 Å². The molecule has 0 spiro atoms. The molecule has 0 bridgehead atoms. The minimum absolute atomic E-state index is 0.0333. The van der Waals surface area contributed by atoms with Gasteiger partial charge >= 0.3 is 0 Å². The number of hydrogen-bond acceptors (Lipinski definition) is 3. The van der Waals surface area contributed by atoms with Crippen molar-refractivity contribution in [1.29, 1.82) is 0 Å². The van der Waals surface area contributed by atoms with E-state index in [0.29, 0.717) is 17.5 Å². The molecular weight excluding hydrogens is 216 g/mol. The first-order valence-electron chi connectivity index (χ1n) is 5.35. The van der Waals surface area contributed by atoms with Gasteiger partial charge in [-0.05, 0) is 23.3 Å². The van der Waals surface area contributed by atoms with Crippen molar-refractivity contribution in [1.82, 2.24) is 0 Å². The molecule has 2 aromatic carbocycles. The number of phenols is 2. The van der Waals surface area contributed by atoms with Gasteiger partial charge in [-0.25, -0.2) is 0 Å². The summed E-state index contributed by atoms with van der Waals surface area (Å²) < 4.78 is 0. The van der Waals surface area contributed by atoms with Crippen LogP contribution in [0.1, 0.15) is 15.9 Å². The second-order valence-corrected chi connectivity index (χ2v) is 4.11. The normalized spacial score (nSPS) is 13.1. The summed E-state index contributed by atoms with van der Waals surface area (Å²) in [6.45, 7) is 0. The van der Waals surface area contributed by atoms with E-state index in [-0.39, 0.29) is 17.3 Å². The van der Waals surface area contributed by atoms with Crippen LogP contribution in [0.2, 0.25) is 0 Å². The molecule has 0 heterocycles. The van der Waals surface area contributed by atoms with E-state index in [9.17, 15) is 15.0 Å². The van der Waals surface area contributed by atoms with Crippen molar-refractivity contribution in [3.05, 3.63) is 47.5 Å². The van der Waals surface area contributed by atoms with Gasteiger partial charge in [0.15, 0.2) is 17.3 Å². The zero-order chi connectivity index (χ0) is 12.0. The molecule has 1 aliphatic rings. The van der Waals surface area contributed by atoms with Gasteiger partial charge in [-0.15, -0.1) is 0 Å². The van der Waals surface area contributed by atoms with Crippen molar-refractivity contribution in [3.8, 4) is 22.6 Å². The summed E-state index contributed by atoms with van der Waals surface area (Å²) >= 11 is 0. The first kappa shape index (κ1) is 9.90. The lowest BCUT2D eigenvalue weighted by molar-refractivity contribution is 0.0991. The third-order valence-corrected chi connectivity index (χ3v) is 3.09. The number of carbonyl (C=O) groups is 1. The third-order valence-electron chi connectivity index (χ3n) is 3.09. The van der Waals surface area contributed by atoms with E-state index in [1.807, 2.05) is 24.3 Å². The van der Waals surface area contributed by atoms with E-state index in [0.717, 1.165) is 11.1 Å². The highest BCUT2D eigenvalue weighted by molar-refractivity contribution is 6.09. The maximum Gasteiger partial charge on any atom is 0.168 e. The van der Waals surface area contributed by atoms with Crippen LogP contribution in [0.3, 0.4) is 0 Å². The second kappa shape index (κ2) is 3.35. The second-order valence-electron chi connectivity index (χ2n) is 4.11. The summed E-state index contributed by atoms with van der Waals surface area (Å²) in [5.74, 6) is -0.453. The molecule has 0 aromatic heterocycles. The van der Waals surface area contributed by atoms with E-state index in [1.165, 1.54) is 6.07 Å². The molecule has 2 aromatic rings. The van der Waals surface area contributed by atoms with Gasteiger partial charge in [0.1, 0.15) is 0 Å². The van der Waals surface area contributed by atoms with E-state index in [4.69, 9.17) is 0 Å². The van der Waals surface area contributed by atoms with Gasteiger partial charge in [0, 0.05) is 17.5 Å². The number of Topliss-reactive ketones (excluding diaryl/α,β-unsaturated/α-hetero) is 1. The highest BCUT2D eigenvalue weighted by atomic mass is 16.3. The summed E-state index contributed by atoms with van der Waals surface area (Å²) in [6.07, 6.45) is 0.341. The quantitative estimate of drug-likeness (QED) is 0.678. The van der Waals surface area contributed by atoms with Gasteiger partial charge in [0.25, 0.3) is 0 Å². The lowest BCUT2D eigenvalue weighted by Crippen LogP contribution is -2.12. The third kappa shape index (κ3) is 1.32. The number of ketones is 1. The minimum Gasteiger partial charge on any atom is -0.504 e. The fourth-order valence-corrected chi connectivity index (χ4v) is 2.27. The maximum absolute atomic E-state index is 11.9. The van der Waals surface area contributed by atoms with E-state index in [2.05, 4.69) is 0 Å². The molecule has 0 aliphatic heterocycles. The van der Waals surface area contributed by atoms with Crippen molar-refractivity contribution in [2.45, 2.75) is 6.42 Å². The summed E-state index contributed by atoms with van der Waals surface area (Å²) in [5, 5.41) is 19.4. The maximum atomic E-state index is 11.9. The van der Waals surface area contributed by atoms with Crippen LogP contribution in [0.4, 0.5) is 0 Å². The van der Waals surface area contributed by atoms with E-state index < -0.39 is 0 Å². The largest absolute Gasteiger partial charge is 0.504 e. The summed E-state index contributed by atoms with van der Waals surface area (Å²) in [7, 11) is 0. The first-order valence-corrected chi connectivity index (χ1v) is 5.35. The van der Waals surface area contributed by atoms with Crippen molar-refractivity contribution in [3.63, 3.8) is 0 Å². The molecule has 2 N–H and O–H groups in total. The van der Waals surface area contributed by atoms with Gasteiger partial charge in [-0.2, -0.15) is 0 Å². The number of carbonyl (C=O) groups excluding carboxylic acids is 1. The standard InChI is InChI=1S/C14H10O3/c15-11-6-5-10-12(16)7-8-3-1-2-4-9(8)13(10)14(11)17/h1-6,15,17H,7H2. The van der Waals surface area contributed by atoms with Crippen LogP contribution in [-0.2, 0) is 6.42 Å². The molecule has 3 rings (SSSR count). The minimum atomic E-state index is -0.219. The van der Waals surface area contributed by atoms with Crippen LogP contribution in [-0.4, -0.2) is 16.0 Å². The van der Waals surface area contributed by atoms with Crippen LogP contribution in [0.5, 0.6) is 11.5 Å².